The summed E-state index contributed by atoms with van der Waals surface area (Å²) in [5.41, 5.74) is 0. The van der Waals surface area contributed by atoms with Crippen molar-refractivity contribution < 1.29 is 24.2 Å². The lowest BCUT2D eigenvalue weighted by molar-refractivity contribution is -0.146. The van der Waals surface area contributed by atoms with E-state index in [0.717, 1.165) is 12.8 Å². The number of carbonyl (C=O) groups is 3. The second-order valence-electron chi connectivity index (χ2n) is 6.35. The lowest BCUT2D eigenvalue weighted by Gasteiger charge is -2.36. The lowest BCUT2D eigenvalue weighted by Crippen LogP contribution is -2.49. The molecule has 3 atom stereocenters. The number of aliphatic carboxylic acids is 1. The number of ether oxygens (including phenoxy) is 1. The van der Waals surface area contributed by atoms with Gasteiger partial charge in [0, 0.05) is 26.2 Å². The van der Waals surface area contributed by atoms with Crippen molar-refractivity contribution in [3.05, 3.63) is 0 Å². The fraction of sp³-hybridized carbons (Fsp3) is 0.800. The van der Waals surface area contributed by atoms with Gasteiger partial charge in [-0.15, -0.1) is 0 Å². The number of rotatable bonds is 3. The summed E-state index contributed by atoms with van der Waals surface area (Å²) < 4.78 is 5.26. The molecule has 2 saturated heterocycles. The zero-order chi connectivity index (χ0) is 15.7. The Morgan fingerprint density at radius 1 is 0.955 bits per heavy atom. The predicted molar refractivity (Wildman–Crippen MR) is 75.9 cm³/mol. The summed E-state index contributed by atoms with van der Waals surface area (Å²) >= 11 is 0. The van der Waals surface area contributed by atoms with Gasteiger partial charge in [0.15, 0.2) is 0 Å². The maximum absolute atomic E-state index is 12.5. The van der Waals surface area contributed by atoms with E-state index in [1.165, 1.54) is 0 Å². The van der Waals surface area contributed by atoms with Crippen LogP contribution in [0.2, 0.25) is 0 Å². The smallest absolute Gasteiger partial charge is 0.307 e. The van der Waals surface area contributed by atoms with Crippen molar-refractivity contribution in [3.8, 4) is 0 Å². The molecule has 2 amide bonds. The molecule has 0 aromatic carbocycles. The third kappa shape index (κ3) is 3.09. The van der Waals surface area contributed by atoms with Crippen LogP contribution in [0.5, 0.6) is 0 Å². The Hall–Kier alpha value is -1.63. The van der Waals surface area contributed by atoms with Crippen molar-refractivity contribution in [1.82, 2.24) is 9.80 Å². The van der Waals surface area contributed by atoms with Crippen molar-refractivity contribution in [2.75, 3.05) is 39.4 Å². The average molecular weight is 310 g/mol. The molecule has 1 saturated carbocycles. The first-order chi connectivity index (χ1) is 10.6. The highest BCUT2D eigenvalue weighted by Crippen LogP contribution is 2.40. The molecule has 122 valence electrons. The van der Waals surface area contributed by atoms with Gasteiger partial charge in [0.25, 0.3) is 0 Å². The molecular weight excluding hydrogens is 288 g/mol. The first kappa shape index (κ1) is 15.3. The van der Waals surface area contributed by atoms with E-state index in [4.69, 9.17) is 9.84 Å². The zero-order valence-corrected chi connectivity index (χ0v) is 12.6. The molecule has 7 nitrogen and oxygen atoms in total. The van der Waals surface area contributed by atoms with Gasteiger partial charge in [-0.25, -0.2) is 0 Å². The number of hydrogen-bond donors (Lipinski definition) is 1. The highest BCUT2D eigenvalue weighted by molar-refractivity contribution is 5.90. The molecule has 7 heteroatoms. The molecule has 0 bridgehead atoms. The first-order valence-electron chi connectivity index (χ1n) is 7.96. The van der Waals surface area contributed by atoms with Gasteiger partial charge in [-0.05, 0) is 19.3 Å². The van der Waals surface area contributed by atoms with E-state index in [-0.39, 0.29) is 23.7 Å². The first-order valence-corrected chi connectivity index (χ1v) is 7.96. The molecule has 1 aliphatic carbocycles. The Bertz CT molecular complexity index is 475. The van der Waals surface area contributed by atoms with E-state index in [2.05, 4.69) is 0 Å². The van der Waals surface area contributed by atoms with Gasteiger partial charge in [-0.1, -0.05) is 0 Å². The Balaban J connectivity index is 1.56. The maximum atomic E-state index is 12.5. The Labute approximate surface area is 129 Å². The molecule has 3 fully saturated rings. The van der Waals surface area contributed by atoms with Gasteiger partial charge in [-0.3, -0.25) is 14.4 Å². The molecule has 2 aliphatic heterocycles. The summed E-state index contributed by atoms with van der Waals surface area (Å²) in [4.78, 5) is 39.3. The number of hydrogen-bond acceptors (Lipinski definition) is 4. The minimum absolute atomic E-state index is 0.0909. The Morgan fingerprint density at radius 3 is 2.32 bits per heavy atom. The molecule has 3 unspecified atom stereocenters. The maximum Gasteiger partial charge on any atom is 0.307 e. The van der Waals surface area contributed by atoms with E-state index in [9.17, 15) is 14.4 Å². The molecular formula is C15H22N2O5. The lowest BCUT2D eigenvalue weighted by atomic mass is 9.96. The third-order valence-electron chi connectivity index (χ3n) is 4.83. The van der Waals surface area contributed by atoms with Crippen LogP contribution in [-0.2, 0) is 19.1 Å². The molecule has 0 aromatic rings. The fourth-order valence-corrected chi connectivity index (χ4v) is 3.40. The highest BCUT2D eigenvalue weighted by Gasteiger charge is 2.50. The van der Waals surface area contributed by atoms with Gasteiger partial charge in [-0.2, -0.15) is 0 Å². The monoisotopic (exact) mass is 310 g/mol. The van der Waals surface area contributed by atoms with E-state index < -0.39 is 11.9 Å². The number of amides is 2. The minimum Gasteiger partial charge on any atom is -0.481 e. The summed E-state index contributed by atoms with van der Waals surface area (Å²) in [6.45, 7) is 3.44. The SMILES string of the molecule is O=C(O)C1CC1C(=O)N1CCCC(C(=O)N2CCOCC2)C1. The molecule has 3 rings (SSSR count). The molecule has 2 heterocycles. The minimum atomic E-state index is -0.892. The van der Waals surface area contributed by atoms with Gasteiger partial charge >= 0.3 is 5.97 Å². The van der Waals surface area contributed by atoms with E-state index in [0.29, 0.717) is 45.8 Å². The van der Waals surface area contributed by atoms with Crippen molar-refractivity contribution in [1.29, 1.82) is 0 Å². The number of carboxylic acid groups (broad SMARTS) is 1. The fourth-order valence-electron chi connectivity index (χ4n) is 3.40. The van der Waals surface area contributed by atoms with Crippen molar-refractivity contribution in [2.45, 2.75) is 19.3 Å². The van der Waals surface area contributed by atoms with Crippen LogP contribution in [0.1, 0.15) is 19.3 Å². The summed E-state index contributed by atoms with van der Waals surface area (Å²) in [6, 6.07) is 0. The van der Waals surface area contributed by atoms with Crippen LogP contribution in [0, 0.1) is 17.8 Å². The van der Waals surface area contributed by atoms with E-state index >= 15 is 0 Å². The van der Waals surface area contributed by atoms with E-state index in [1.807, 2.05) is 4.90 Å². The topological polar surface area (TPSA) is 87.2 Å². The second kappa shape index (κ2) is 6.24. The highest BCUT2D eigenvalue weighted by atomic mass is 16.5. The molecule has 1 N–H and O–H groups in total. The van der Waals surface area contributed by atoms with E-state index in [1.54, 1.807) is 4.90 Å². The molecule has 0 spiro atoms. The number of likely N-dealkylation sites (tertiary alicyclic amines) is 1. The van der Waals surface area contributed by atoms with Gasteiger partial charge < -0.3 is 19.6 Å². The third-order valence-corrected chi connectivity index (χ3v) is 4.83. The second-order valence-corrected chi connectivity index (χ2v) is 6.35. The quantitative estimate of drug-likeness (QED) is 0.780. The molecule has 0 aromatic heterocycles. The number of piperidine rings is 1. The summed E-state index contributed by atoms with van der Waals surface area (Å²) in [5, 5.41) is 8.94. The van der Waals surface area contributed by atoms with Gasteiger partial charge in [0.2, 0.25) is 11.8 Å². The zero-order valence-electron chi connectivity index (χ0n) is 12.6. The van der Waals surface area contributed by atoms with Crippen molar-refractivity contribution in [2.24, 2.45) is 17.8 Å². The number of nitrogens with zero attached hydrogens (tertiary/aromatic N) is 2. The van der Waals surface area contributed by atoms with Gasteiger partial charge in [0.1, 0.15) is 0 Å². The number of carbonyl (C=O) groups excluding carboxylic acids is 2. The Morgan fingerprint density at radius 2 is 1.68 bits per heavy atom. The van der Waals surface area contributed by atoms with Crippen LogP contribution in [-0.4, -0.2) is 72.1 Å². The standard InChI is InChI=1S/C15H22N2O5/c18-13(16-4-6-22-7-5-16)10-2-1-3-17(9-10)14(19)11-8-12(11)15(20)21/h10-12H,1-9H2,(H,20,21). The van der Waals surface area contributed by atoms with Crippen LogP contribution < -0.4 is 0 Å². The number of carboxylic acids is 1. The predicted octanol–water partition coefficient (Wildman–Crippen LogP) is -0.195. The summed E-state index contributed by atoms with van der Waals surface area (Å²) in [7, 11) is 0. The van der Waals surface area contributed by atoms with Crippen LogP contribution >= 0.6 is 0 Å². The summed E-state index contributed by atoms with van der Waals surface area (Å²) in [6.07, 6.45) is 2.04. The molecule has 3 aliphatic rings. The van der Waals surface area contributed by atoms with Gasteiger partial charge in [0.05, 0.1) is 31.0 Å². The molecule has 22 heavy (non-hydrogen) atoms. The number of morpholine rings is 1. The van der Waals surface area contributed by atoms with Crippen LogP contribution in [0.25, 0.3) is 0 Å². The van der Waals surface area contributed by atoms with Crippen molar-refractivity contribution >= 4 is 17.8 Å². The van der Waals surface area contributed by atoms with Crippen LogP contribution in [0.4, 0.5) is 0 Å². The van der Waals surface area contributed by atoms with Crippen molar-refractivity contribution in [3.63, 3.8) is 0 Å². The largest absolute Gasteiger partial charge is 0.481 e. The van der Waals surface area contributed by atoms with Crippen LogP contribution in [0.3, 0.4) is 0 Å². The molecule has 0 radical (unpaired) electrons. The normalized spacial score (nSPS) is 31.7. The Kier molecular flexibility index (Phi) is 4.33. The average Bonchev–Trinajstić information content (AvgIpc) is 3.35. The van der Waals surface area contributed by atoms with Crippen LogP contribution in [0.15, 0.2) is 0 Å². The summed E-state index contributed by atoms with van der Waals surface area (Å²) in [5.74, 6) is -1.94.